The molecule has 0 bridgehead atoms. The highest BCUT2D eigenvalue weighted by atomic mass is 16.5. The third-order valence-corrected chi connectivity index (χ3v) is 2.96. The van der Waals surface area contributed by atoms with Crippen LogP contribution in [0, 0.1) is 12.8 Å². The Kier molecular flexibility index (Phi) is 8.31. The van der Waals surface area contributed by atoms with Gasteiger partial charge >= 0.3 is 0 Å². The van der Waals surface area contributed by atoms with Crippen LogP contribution in [-0.2, 0) is 11.3 Å². The lowest BCUT2D eigenvalue weighted by molar-refractivity contribution is 0.0814. The van der Waals surface area contributed by atoms with E-state index in [1.54, 1.807) is 0 Å². The second-order valence-electron chi connectivity index (χ2n) is 5.56. The van der Waals surface area contributed by atoms with Gasteiger partial charge in [-0.3, -0.25) is 0 Å². The van der Waals surface area contributed by atoms with E-state index in [0.717, 1.165) is 31.9 Å². The first kappa shape index (κ1) is 17.0. The lowest BCUT2D eigenvalue weighted by atomic mass is 10.1. The molecule has 1 N–H and O–H groups in total. The molecule has 0 saturated carbocycles. The van der Waals surface area contributed by atoms with Gasteiger partial charge in [-0.05, 0) is 31.4 Å². The summed E-state index contributed by atoms with van der Waals surface area (Å²) < 4.78 is 11.5. The zero-order chi connectivity index (χ0) is 14.8. The van der Waals surface area contributed by atoms with Crippen molar-refractivity contribution >= 4 is 0 Å². The van der Waals surface area contributed by atoms with Crippen LogP contribution in [0.4, 0.5) is 0 Å². The molecule has 0 heterocycles. The molecular formula is C17H29NO2. The van der Waals surface area contributed by atoms with Crippen LogP contribution in [0.15, 0.2) is 18.2 Å². The summed E-state index contributed by atoms with van der Waals surface area (Å²) in [4.78, 5) is 0. The zero-order valence-corrected chi connectivity index (χ0v) is 13.4. The number of aryl methyl sites for hydroxylation is 1. The number of para-hydroxylation sites is 1. The van der Waals surface area contributed by atoms with Crippen molar-refractivity contribution in [2.24, 2.45) is 5.92 Å². The van der Waals surface area contributed by atoms with E-state index in [9.17, 15) is 0 Å². The Bertz CT molecular complexity index is 377. The van der Waals surface area contributed by atoms with Crippen molar-refractivity contribution in [1.29, 1.82) is 0 Å². The molecular weight excluding hydrogens is 250 g/mol. The molecule has 1 aromatic rings. The normalized spacial score (nSPS) is 11.1. The Labute approximate surface area is 123 Å². The maximum atomic E-state index is 5.92. The number of hydrogen-bond acceptors (Lipinski definition) is 3. The largest absolute Gasteiger partial charge is 0.491 e. The second-order valence-corrected chi connectivity index (χ2v) is 5.56. The van der Waals surface area contributed by atoms with Crippen LogP contribution in [0.1, 0.15) is 38.3 Å². The minimum Gasteiger partial charge on any atom is -0.491 e. The molecule has 3 heteroatoms. The third kappa shape index (κ3) is 6.40. The quantitative estimate of drug-likeness (QED) is 0.664. The van der Waals surface area contributed by atoms with Gasteiger partial charge in [0.1, 0.15) is 12.4 Å². The summed E-state index contributed by atoms with van der Waals surface area (Å²) in [7, 11) is 0. The zero-order valence-electron chi connectivity index (χ0n) is 13.4. The Hall–Kier alpha value is -1.06. The second kappa shape index (κ2) is 9.78. The molecule has 0 unspecified atom stereocenters. The van der Waals surface area contributed by atoms with Gasteiger partial charge in [0.2, 0.25) is 0 Å². The van der Waals surface area contributed by atoms with Gasteiger partial charge in [-0.25, -0.2) is 0 Å². The van der Waals surface area contributed by atoms with Gasteiger partial charge in [0.05, 0.1) is 6.61 Å². The van der Waals surface area contributed by atoms with Crippen LogP contribution < -0.4 is 10.1 Å². The molecule has 0 saturated heterocycles. The summed E-state index contributed by atoms with van der Waals surface area (Å²) >= 11 is 0. The van der Waals surface area contributed by atoms with Gasteiger partial charge in [0.25, 0.3) is 0 Å². The maximum absolute atomic E-state index is 5.92. The fourth-order valence-corrected chi connectivity index (χ4v) is 1.98. The molecule has 0 amide bonds. The summed E-state index contributed by atoms with van der Waals surface area (Å²) in [6.07, 6.45) is 1.14. The predicted octanol–water partition coefficient (Wildman–Crippen LogP) is 3.55. The van der Waals surface area contributed by atoms with E-state index >= 15 is 0 Å². The van der Waals surface area contributed by atoms with Crippen molar-refractivity contribution in [3.05, 3.63) is 29.3 Å². The van der Waals surface area contributed by atoms with Crippen molar-refractivity contribution in [2.75, 3.05) is 26.4 Å². The third-order valence-electron chi connectivity index (χ3n) is 2.96. The maximum Gasteiger partial charge on any atom is 0.126 e. The highest BCUT2D eigenvalue weighted by Crippen LogP contribution is 2.23. The topological polar surface area (TPSA) is 30.5 Å². The molecule has 0 radical (unpaired) electrons. The molecule has 1 rings (SSSR count). The van der Waals surface area contributed by atoms with E-state index in [0.29, 0.717) is 19.1 Å². The van der Waals surface area contributed by atoms with Crippen molar-refractivity contribution in [3.8, 4) is 5.75 Å². The van der Waals surface area contributed by atoms with E-state index in [-0.39, 0.29) is 0 Å². The first-order valence-electron chi connectivity index (χ1n) is 7.64. The molecule has 0 atom stereocenters. The van der Waals surface area contributed by atoms with Crippen molar-refractivity contribution in [1.82, 2.24) is 5.32 Å². The lowest BCUT2D eigenvalue weighted by Gasteiger charge is -2.15. The Balaban J connectivity index is 2.45. The average Bonchev–Trinajstić information content (AvgIpc) is 2.41. The number of nitrogens with one attached hydrogen (secondary N) is 1. The highest BCUT2D eigenvalue weighted by Gasteiger charge is 2.06. The molecule has 114 valence electrons. The summed E-state index contributed by atoms with van der Waals surface area (Å²) in [6.45, 7) is 12.5. The minimum absolute atomic E-state index is 0.572. The van der Waals surface area contributed by atoms with Crippen LogP contribution in [0.2, 0.25) is 0 Å². The van der Waals surface area contributed by atoms with Crippen LogP contribution in [0.5, 0.6) is 5.75 Å². The lowest BCUT2D eigenvalue weighted by Crippen LogP contribution is -2.16. The van der Waals surface area contributed by atoms with Gasteiger partial charge in [0.15, 0.2) is 0 Å². The summed E-state index contributed by atoms with van der Waals surface area (Å²) in [6, 6.07) is 6.30. The van der Waals surface area contributed by atoms with E-state index in [1.807, 2.05) is 0 Å². The smallest absolute Gasteiger partial charge is 0.126 e. The monoisotopic (exact) mass is 279 g/mol. The molecule has 20 heavy (non-hydrogen) atoms. The van der Waals surface area contributed by atoms with Crippen molar-refractivity contribution in [3.63, 3.8) is 0 Å². The van der Waals surface area contributed by atoms with Crippen molar-refractivity contribution < 1.29 is 9.47 Å². The van der Waals surface area contributed by atoms with Crippen LogP contribution in [0.25, 0.3) is 0 Å². The Morgan fingerprint density at radius 2 is 2.00 bits per heavy atom. The summed E-state index contributed by atoms with van der Waals surface area (Å²) in [5.41, 5.74) is 2.41. The van der Waals surface area contributed by atoms with Crippen molar-refractivity contribution in [2.45, 2.75) is 40.7 Å². The molecule has 1 aromatic carbocycles. The van der Waals surface area contributed by atoms with E-state index in [4.69, 9.17) is 9.47 Å². The first-order chi connectivity index (χ1) is 9.65. The predicted molar refractivity (Wildman–Crippen MR) is 84.3 cm³/mol. The summed E-state index contributed by atoms with van der Waals surface area (Å²) in [5.74, 6) is 1.58. The molecule has 0 aromatic heterocycles. The SMILES string of the molecule is CCCNCc1cccc(C)c1OCCOCC(C)C. The first-order valence-corrected chi connectivity index (χ1v) is 7.64. The van der Waals surface area contributed by atoms with Gasteiger partial charge in [0, 0.05) is 18.7 Å². The number of hydrogen-bond donors (Lipinski definition) is 1. The Morgan fingerprint density at radius 1 is 1.20 bits per heavy atom. The van der Waals surface area contributed by atoms with Gasteiger partial charge in [-0.2, -0.15) is 0 Å². The number of benzene rings is 1. The average molecular weight is 279 g/mol. The number of ether oxygens (including phenoxy) is 2. The molecule has 3 nitrogen and oxygen atoms in total. The molecule has 0 aliphatic heterocycles. The van der Waals surface area contributed by atoms with E-state index < -0.39 is 0 Å². The fourth-order valence-electron chi connectivity index (χ4n) is 1.98. The minimum atomic E-state index is 0.572. The van der Waals surface area contributed by atoms with E-state index in [2.05, 4.69) is 51.2 Å². The van der Waals surface area contributed by atoms with E-state index in [1.165, 1.54) is 11.1 Å². The fraction of sp³-hybridized carbons (Fsp3) is 0.647. The molecule has 0 aliphatic carbocycles. The molecule has 0 fully saturated rings. The van der Waals surface area contributed by atoms with Crippen LogP contribution >= 0.6 is 0 Å². The molecule has 0 aliphatic rings. The van der Waals surface area contributed by atoms with Crippen LogP contribution in [0.3, 0.4) is 0 Å². The van der Waals surface area contributed by atoms with Gasteiger partial charge in [-0.1, -0.05) is 39.0 Å². The standard InChI is InChI=1S/C17H29NO2/c1-5-9-18-12-16-8-6-7-15(4)17(16)20-11-10-19-13-14(2)3/h6-8,14,18H,5,9-13H2,1-4H3. The van der Waals surface area contributed by atoms with Gasteiger partial charge < -0.3 is 14.8 Å². The van der Waals surface area contributed by atoms with Gasteiger partial charge in [-0.15, -0.1) is 0 Å². The molecule has 0 spiro atoms. The van der Waals surface area contributed by atoms with Crippen LogP contribution in [-0.4, -0.2) is 26.4 Å². The Morgan fingerprint density at radius 3 is 2.70 bits per heavy atom. The summed E-state index contributed by atoms with van der Waals surface area (Å²) in [5, 5.41) is 3.42. The highest BCUT2D eigenvalue weighted by molar-refractivity contribution is 5.40. The number of rotatable bonds is 10.